The molecule has 7 heteroatoms. The summed E-state index contributed by atoms with van der Waals surface area (Å²) in [5.74, 6) is -0.00610. The van der Waals surface area contributed by atoms with Crippen LogP contribution >= 0.6 is 11.8 Å². The van der Waals surface area contributed by atoms with E-state index in [9.17, 15) is 14.4 Å². The fourth-order valence-electron chi connectivity index (χ4n) is 3.61. The van der Waals surface area contributed by atoms with E-state index in [4.69, 9.17) is 4.74 Å². The summed E-state index contributed by atoms with van der Waals surface area (Å²) in [5, 5.41) is 2.89. The smallest absolute Gasteiger partial charge is 0.331 e. The van der Waals surface area contributed by atoms with Crippen LogP contribution in [-0.2, 0) is 19.1 Å². The maximum Gasteiger partial charge on any atom is 0.331 e. The second-order valence-electron chi connectivity index (χ2n) is 7.04. The maximum absolute atomic E-state index is 12.7. The quantitative estimate of drug-likeness (QED) is 0.817. The first-order valence-electron chi connectivity index (χ1n) is 8.87. The molecular formula is C19H24N2O4S. The van der Waals surface area contributed by atoms with Crippen molar-refractivity contribution in [1.82, 2.24) is 5.32 Å². The Labute approximate surface area is 157 Å². The molecule has 0 saturated heterocycles. The monoisotopic (exact) mass is 376 g/mol. The number of methoxy groups -OCH3 is 1. The molecule has 0 aromatic heterocycles. The zero-order chi connectivity index (χ0) is 18.7. The lowest BCUT2D eigenvalue weighted by Gasteiger charge is -2.38. The summed E-state index contributed by atoms with van der Waals surface area (Å²) in [7, 11) is 1.34. The Morgan fingerprint density at radius 3 is 2.69 bits per heavy atom. The van der Waals surface area contributed by atoms with Crippen molar-refractivity contribution in [3.63, 3.8) is 0 Å². The summed E-state index contributed by atoms with van der Waals surface area (Å²) in [4.78, 5) is 39.9. The number of esters is 1. The summed E-state index contributed by atoms with van der Waals surface area (Å²) in [5.41, 5.74) is -0.237. The summed E-state index contributed by atoms with van der Waals surface area (Å²) in [6, 6.07) is 7.54. The van der Waals surface area contributed by atoms with Crippen LogP contribution in [-0.4, -0.2) is 42.7 Å². The van der Waals surface area contributed by atoms with Crippen molar-refractivity contribution in [2.75, 3.05) is 24.3 Å². The van der Waals surface area contributed by atoms with Gasteiger partial charge in [-0.1, -0.05) is 19.1 Å². The largest absolute Gasteiger partial charge is 0.467 e. The predicted molar refractivity (Wildman–Crippen MR) is 100 cm³/mol. The predicted octanol–water partition coefficient (Wildman–Crippen LogP) is 2.36. The number of hydrogen-bond donors (Lipinski definition) is 1. The van der Waals surface area contributed by atoms with Crippen LogP contribution in [0.3, 0.4) is 0 Å². The number of rotatable bonds is 4. The Kier molecular flexibility index (Phi) is 5.55. The van der Waals surface area contributed by atoms with Crippen LogP contribution in [0, 0.1) is 5.92 Å². The number of para-hydroxylation sites is 1. The van der Waals surface area contributed by atoms with Crippen LogP contribution in [0.1, 0.15) is 32.6 Å². The summed E-state index contributed by atoms with van der Waals surface area (Å²) in [6.07, 6.45) is 2.84. The number of amides is 2. The van der Waals surface area contributed by atoms with E-state index in [2.05, 4.69) is 12.2 Å². The van der Waals surface area contributed by atoms with Crippen LogP contribution in [0.25, 0.3) is 0 Å². The number of ether oxygens (including phenoxy) is 1. The Morgan fingerprint density at radius 1 is 1.31 bits per heavy atom. The average molecular weight is 376 g/mol. The van der Waals surface area contributed by atoms with Gasteiger partial charge in [0, 0.05) is 4.90 Å². The number of nitrogens with one attached hydrogen (secondary N) is 1. The molecule has 1 aliphatic heterocycles. The fraction of sp³-hybridized carbons (Fsp3) is 0.526. The van der Waals surface area contributed by atoms with Crippen LogP contribution in [0.15, 0.2) is 29.2 Å². The molecule has 1 heterocycles. The van der Waals surface area contributed by atoms with E-state index >= 15 is 0 Å². The lowest BCUT2D eigenvalue weighted by molar-refractivity contribution is -0.152. The van der Waals surface area contributed by atoms with E-state index in [1.807, 2.05) is 24.3 Å². The first-order chi connectivity index (χ1) is 12.4. The second kappa shape index (κ2) is 7.70. The average Bonchev–Trinajstić information content (AvgIpc) is 2.65. The molecule has 0 bridgehead atoms. The van der Waals surface area contributed by atoms with Gasteiger partial charge in [0.25, 0.3) is 0 Å². The third-order valence-corrected chi connectivity index (χ3v) is 6.24. The molecule has 1 saturated carbocycles. The van der Waals surface area contributed by atoms with Crippen LogP contribution in [0.4, 0.5) is 5.69 Å². The van der Waals surface area contributed by atoms with E-state index in [0.29, 0.717) is 24.5 Å². The van der Waals surface area contributed by atoms with Crippen molar-refractivity contribution >= 4 is 35.2 Å². The summed E-state index contributed by atoms with van der Waals surface area (Å²) in [6.45, 7) is 2.05. The lowest BCUT2D eigenvalue weighted by atomic mass is 9.77. The van der Waals surface area contributed by atoms with Crippen molar-refractivity contribution < 1.29 is 19.1 Å². The van der Waals surface area contributed by atoms with Crippen molar-refractivity contribution in [3.8, 4) is 0 Å². The van der Waals surface area contributed by atoms with Gasteiger partial charge in [0.15, 0.2) is 0 Å². The number of carbonyl (C=O) groups is 3. The second-order valence-corrected chi connectivity index (χ2v) is 8.06. The molecule has 1 aromatic rings. The number of carbonyl (C=O) groups excluding carboxylic acids is 3. The number of fused-ring (bicyclic) bond motifs is 1. The Hall–Kier alpha value is -2.02. The third-order valence-electron chi connectivity index (χ3n) is 5.19. The van der Waals surface area contributed by atoms with Gasteiger partial charge in [0.05, 0.1) is 18.6 Å². The van der Waals surface area contributed by atoms with Crippen molar-refractivity contribution in [2.45, 2.75) is 43.0 Å². The molecule has 26 heavy (non-hydrogen) atoms. The van der Waals surface area contributed by atoms with Gasteiger partial charge in [-0.05, 0) is 43.7 Å². The Morgan fingerprint density at radius 2 is 2.00 bits per heavy atom. The van der Waals surface area contributed by atoms with E-state index in [1.165, 1.54) is 23.8 Å². The molecule has 140 valence electrons. The number of thioether (sulfide) groups is 1. The van der Waals surface area contributed by atoms with Crippen molar-refractivity contribution in [3.05, 3.63) is 24.3 Å². The molecule has 2 aliphatic rings. The van der Waals surface area contributed by atoms with Gasteiger partial charge in [-0.3, -0.25) is 9.59 Å². The van der Waals surface area contributed by atoms with Crippen LogP contribution in [0.2, 0.25) is 0 Å². The van der Waals surface area contributed by atoms with Crippen molar-refractivity contribution in [1.29, 1.82) is 0 Å². The van der Waals surface area contributed by atoms with E-state index < -0.39 is 11.5 Å². The van der Waals surface area contributed by atoms with Gasteiger partial charge in [-0.25, -0.2) is 4.79 Å². The van der Waals surface area contributed by atoms with E-state index in [0.717, 1.165) is 23.4 Å². The minimum Gasteiger partial charge on any atom is -0.467 e. The molecule has 6 nitrogen and oxygen atoms in total. The molecule has 0 spiro atoms. The summed E-state index contributed by atoms with van der Waals surface area (Å²) < 4.78 is 4.96. The highest BCUT2D eigenvalue weighted by molar-refractivity contribution is 8.00. The van der Waals surface area contributed by atoms with Crippen LogP contribution in [0.5, 0.6) is 0 Å². The van der Waals surface area contributed by atoms with Gasteiger partial charge in [-0.15, -0.1) is 11.8 Å². The fourth-order valence-corrected chi connectivity index (χ4v) is 4.54. The highest BCUT2D eigenvalue weighted by Gasteiger charge is 2.43. The first-order valence-corrected chi connectivity index (χ1v) is 9.85. The number of anilines is 1. The minimum atomic E-state index is -0.981. The molecular weight excluding hydrogens is 352 g/mol. The molecule has 1 aromatic carbocycles. The molecule has 0 radical (unpaired) electrons. The van der Waals surface area contributed by atoms with Gasteiger partial charge in [-0.2, -0.15) is 0 Å². The third kappa shape index (κ3) is 3.72. The molecule has 3 rings (SSSR count). The topological polar surface area (TPSA) is 75.7 Å². The highest BCUT2D eigenvalue weighted by atomic mass is 32.2. The number of benzene rings is 1. The van der Waals surface area contributed by atoms with Crippen LogP contribution < -0.4 is 10.2 Å². The maximum atomic E-state index is 12.7. The molecule has 1 fully saturated rings. The van der Waals surface area contributed by atoms with Crippen molar-refractivity contribution in [2.24, 2.45) is 5.92 Å². The number of hydrogen-bond acceptors (Lipinski definition) is 5. The molecule has 0 atom stereocenters. The van der Waals surface area contributed by atoms with Gasteiger partial charge >= 0.3 is 5.97 Å². The first kappa shape index (κ1) is 18.8. The number of nitrogens with zero attached hydrogens (tertiary/aromatic N) is 1. The SMILES string of the molecule is COC(=O)C1(NC(=O)CN2C(=O)CSc3ccccc32)CCC(C)CC1. The molecule has 1 N–H and O–H groups in total. The normalized spacial score (nSPS) is 25.4. The lowest BCUT2D eigenvalue weighted by Crippen LogP contribution is -2.59. The van der Waals surface area contributed by atoms with Gasteiger partial charge in [0.1, 0.15) is 12.1 Å². The highest BCUT2D eigenvalue weighted by Crippen LogP contribution is 2.35. The van der Waals surface area contributed by atoms with Gasteiger partial charge in [0.2, 0.25) is 11.8 Å². The van der Waals surface area contributed by atoms with E-state index in [1.54, 1.807) is 0 Å². The Bertz CT molecular complexity index is 713. The minimum absolute atomic E-state index is 0.0926. The Balaban J connectivity index is 1.75. The molecule has 0 unspecified atom stereocenters. The van der Waals surface area contributed by atoms with Gasteiger partial charge < -0.3 is 15.0 Å². The zero-order valence-electron chi connectivity index (χ0n) is 15.1. The molecule has 1 aliphatic carbocycles. The molecule has 2 amide bonds. The van der Waals surface area contributed by atoms with E-state index in [-0.39, 0.29) is 18.4 Å². The zero-order valence-corrected chi connectivity index (χ0v) is 15.9. The summed E-state index contributed by atoms with van der Waals surface area (Å²) >= 11 is 1.47. The standard InChI is InChI=1S/C19H24N2O4S/c1-13-7-9-19(10-8-13,18(24)25-2)20-16(22)11-21-14-5-3-4-6-15(14)26-12-17(21)23/h3-6,13H,7-12H2,1-2H3,(H,20,22).